The molecular formula is C44H88O2. The maximum absolute atomic E-state index is 12.1. The summed E-state index contributed by atoms with van der Waals surface area (Å²) in [7, 11) is 0. The maximum Gasteiger partial charge on any atom is 0.305 e. The van der Waals surface area contributed by atoms with Gasteiger partial charge in [0.1, 0.15) is 0 Å². The third-order valence-electron chi connectivity index (χ3n) is 10.6. The van der Waals surface area contributed by atoms with Crippen LogP contribution in [-0.2, 0) is 9.53 Å². The van der Waals surface area contributed by atoms with Gasteiger partial charge in [0.05, 0.1) is 6.61 Å². The van der Waals surface area contributed by atoms with E-state index in [2.05, 4.69) is 41.5 Å². The quantitative estimate of drug-likeness (QED) is 0.0495. The van der Waals surface area contributed by atoms with Crippen LogP contribution < -0.4 is 0 Å². The first-order chi connectivity index (χ1) is 22.3. The number of carbonyl (C=O) groups excluding carboxylic acids is 1. The van der Waals surface area contributed by atoms with Crippen LogP contribution in [0.2, 0.25) is 0 Å². The molecule has 0 aliphatic rings. The first-order valence-corrected chi connectivity index (χ1v) is 21.5. The summed E-state index contributed by atoms with van der Waals surface area (Å²) in [4.78, 5) is 12.1. The fraction of sp³-hybridized carbons (Fsp3) is 0.977. The Kier molecular flexibility index (Phi) is 35.4. The molecule has 0 aliphatic heterocycles. The molecule has 0 N–H and O–H groups in total. The molecule has 0 aromatic heterocycles. The molecule has 0 fully saturated rings. The highest BCUT2D eigenvalue weighted by atomic mass is 16.5. The van der Waals surface area contributed by atoms with Crippen molar-refractivity contribution >= 4 is 5.97 Å². The van der Waals surface area contributed by atoms with Crippen molar-refractivity contribution in [3.63, 3.8) is 0 Å². The van der Waals surface area contributed by atoms with Gasteiger partial charge in [-0.2, -0.15) is 0 Å². The minimum Gasteiger partial charge on any atom is -0.466 e. The first-order valence-electron chi connectivity index (χ1n) is 21.5. The lowest BCUT2D eigenvalue weighted by molar-refractivity contribution is -0.144. The topological polar surface area (TPSA) is 26.3 Å². The molecule has 2 heteroatoms. The summed E-state index contributed by atoms with van der Waals surface area (Å²) in [6.45, 7) is 14.8. The average Bonchev–Trinajstić information content (AvgIpc) is 3.01. The van der Waals surface area contributed by atoms with E-state index in [1.54, 1.807) is 0 Å². The second-order valence-corrected chi connectivity index (χ2v) is 16.3. The molecule has 0 aliphatic carbocycles. The summed E-state index contributed by atoms with van der Waals surface area (Å²) < 4.78 is 5.56. The van der Waals surface area contributed by atoms with Gasteiger partial charge < -0.3 is 4.74 Å². The highest BCUT2D eigenvalue weighted by molar-refractivity contribution is 5.69. The molecule has 46 heavy (non-hydrogen) atoms. The minimum atomic E-state index is 0.0251. The van der Waals surface area contributed by atoms with E-state index in [1.165, 1.54) is 186 Å². The van der Waals surface area contributed by atoms with Gasteiger partial charge in [-0.15, -0.1) is 0 Å². The molecule has 0 aromatic rings. The predicted octanol–water partition coefficient (Wildman–Crippen LogP) is 15.6. The van der Waals surface area contributed by atoms with Crippen molar-refractivity contribution in [2.75, 3.05) is 6.61 Å². The highest BCUT2D eigenvalue weighted by Gasteiger charge is 2.09. The van der Waals surface area contributed by atoms with Gasteiger partial charge in [0.25, 0.3) is 0 Å². The number of hydrogen-bond donors (Lipinski definition) is 0. The standard InChI is InChI=1S/C44H88O2/c1-7-8-9-10-11-12-13-14-15-16-17-18-19-20-21-22-23-24-25-26-27-37-44(45)46-39-38-43(6)36-30-35-42(5)34-29-33-41(4)32-28-31-40(2)3/h40-43H,7-39H2,1-6H3. The van der Waals surface area contributed by atoms with E-state index >= 15 is 0 Å². The number of rotatable bonds is 37. The normalized spacial score (nSPS) is 13.7. The van der Waals surface area contributed by atoms with E-state index in [9.17, 15) is 4.79 Å². The van der Waals surface area contributed by atoms with Gasteiger partial charge >= 0.3 is 5.97 Å². The molecular weight excluding hydrogens is 560 g/mol. The SMILES string of the molecule is CCCCCCCCCCCCCCCCCCCCCCCC(=O)OCCC(C)CCCC(C)CCCC(C)CCCC(C)C. The molecule has 0 bridgehead atoms. The Hall–Kier alpha value is -0.530. The fourth-order valence-electron chi connectivity index (χ4n) is 7.08. The Morgan fingerprint density at radius 2 is 0.696 bits per heavy atom. The van der Waals surface area contributed by atoms with Crippen LogP contribution in [0.3, 0.4) is 0 Å². The number of ether oxygens (including phenoxy) is 1. The molecule has 0 saturated carbocycles. The smallest absolute Gasteiger partial charge is 0.305 e. The van der Waals surface area contributed by atoms with Crippen LogP contribution in [-0.4, -0.2) is 12.6 Å². The molecule has 0 rings (SSSR count). The van der Waals surface area contributed by atoms with Crippen LogP contribution >= 0.6 is 0 Å². The molecule has 3 atom stereocenters. The van der Waals surface area contributed by atoms with E-state index in [4.69, 9.17) is 4.74 Å². The summed E-state index contributed by atoms with van der Waals surface area (Å²) in [5, 5.41) is 0. The summed E-state index contributed by atoms with van der Waals surface area (Å²) in [6.07, 6.45) is 43.2. The Morgan fingerprint density at radius 1 is 0.391 bits per heavy atom. The van der Waals surface area contributed by atoms with E-state index in [1.807, 2.05) is 0 Å². The van der Waals surface area contributed by atoms with Crippen molar-refractivity contribution in [1.29, 1.82) is 0 Å². The first kappa shape index (κ1) is 45.5. The van der Waals surface area contributed by atoms with E-state index in [0.717, 1.165) is 30.6 Å². The van der Waals surface area contributed by atoms with Crippen molar-refractivity contribution in [2.45, 2.75) is 247 Å². The van der Waals surface area contributed by atoms with Crippen molar-refractivity contribution in [3.8, 4) is 0 Å². The van der Waals surface area contributed by atoms with E-state index < -0.39 is 0 Å². The number of esters is 1. The molecule has 0 radical (unpaired) electrons. The third-order valence-corrected chi connectivity index (χ3v) is 10.6. The summed E-state index contributed by atoms with van der Waals surface area (Å²) in [5.74, 6) is 3.28. The van der Waals surface area contributed by atoms with Crippen LogP contribution in [0, 0.1) is 23.7 Å². The predicted molar refractivity (Wildman–Crippen MR) is 207 cm³/mol. The van der Waals surface area contributed by atoms with Crippen molar-refractivity contribution in [2.24, 2.45) is 23.7 Å². The Balaban J connectivity index is 3.37. The molecule has 0 spiro atoms. The molecule has 0 amide bonds. The lowest BCUT2D eigenvalue weighted by Crippen LogP contribution is -2.09. The van der Waals surface area contributed by atoms with Crippen LogP contribution in [0.4, 0.5) is 0 Å². The van der Waals surface area contributed by atoms with Gasteiger partial charge in [0.2, 0.25) is 0 Å². The van der Waals surface area contributed by atoms with Crippen LogP contribution in [0.5, 0.6) is 0 Å². The largest absolute Gasteiger partial charge is 0.466 e. The monoisotopic (exact) mass is 649 g/mol. The average molecular weight is 649 g/mol. The molecule has 0 heterocycles. The highest BCUT2D eigenvalue weighted by Crippen LogP contribution is 2.23. The molecule has 0 aromatic carbocycles. The van der Waals surface area contributed by atoms with Gasteiger partial charge in [-0.3, -0.25) is 4.79 Å². The summed E-state index contributed by atoms with van der Waals surface area (Å²) >= 11 is 0. The maximum atomic E-state index is 12.1. The van der Waals surface area contributed by atoms with Crippen LogP contribution in [0.1, 0.15) is 247 Å². The zero-order chi connectivity index (χ0) is 33.9. The molecule has 276 valence electrons. The number of carbonyl (C=O) groups is 1. The second kappa shape index (κ2) is 35.8. The lowest BCUT2D eigenvalue weighted by atomic mass is 9.91. The van der Waals surface area contributed by atoms with Gasteiger partial charge in [-0.1, -0.05) is 228 Å². The van der Waals surface area contributed by atoms with Crippen molar-refractivity contribution < 1.29 is 9.53 Å². The second-order valence-electron chi connectivity index (χ2n) is 16.3. The Bertz CT molecular complexity index is 599. The molecule has 3 unspecified atom stereocenters. The van der Waals surface area contributed by atoms with Crippen molar-refractivity contribution in [1.82, 2.24) is 0 Å². The van der Waals surface area contributed by atoms with Crippen LogP contribution in [0.15, 0.2) is 0 Å². The minimum absolute atomic E-state index is 0.0251. The summed E-state index contributed by atoms with van der Waals surface area (Å²) in [5.41, 5.74) is 0. The Labute approximate surface area is 292 Å². The van der Waals surface area contributed by atoms with E-state index in [0.29, 0.717) is 18.9 Å². The third kappa shape index (κ3) is 36.3. The zero-order valence-corrected chi connectivity index (χ0v) is 33.0. The molecule has 2 nitrogen and oxygen atoms in total. The molecule has 0 saturated heterocycles. The van der Waals surface area contributed by atoms with Gasteiger partial charge in [0.15, 0.2) is 0 Å². The lowest BCUT2D eigenvalue weighted by Gasteiger charge is -2.16. The van der Waals surface area contributed by atoms with Crippen LogP contribution in [0.25, 0.3) is 0 Å². The zero-order valence-electron chi connectivity index (χ0n) is 33.0. The fourth-order valence-corrected chi connectivity index (χ4v) is 7.08. The number of hydrogen-bond acceptors (Lipinski definition) is 2. The van der Waals surface area contributed by atoms with E-state index in [-0.39, 0.29) is 5.97 Å². The van der Waals surface area contributed by atoms with Gasteiger partial charge in [-0.05, 0) is 36.5 Å². The summed E-state index contributed by atoms with van der Waals surface area (Å²) in [6, 6.07) is 0. The van der Waals surface area contributed by atoms with Gasteiger partial charge in [0, 0.05) is 6.42 Å². The number of unbranched alkanes of at least 4 members (excludes halogenated alkanes) is 20. The van der Waals surface area contributed by atoms with Crippen molar-refractivity contribution in [3.05, 3.63) is 0 Å². The van der Waals surface area contributed by atoms with Gasteiger partial charge in [-0.25, -0.2) is 0 Å². The Morgan fingerprint density at radius 3 is 1.04 bits per heavy atom.